The van der Waals surface area contributed by atoms with Crippen molar-refractivity contribution >= 4 is 11.8 Å². The van der Waals surface area contributed by atoms with Crippen LogP contribution in [0.25, 0.3) is 0 Å². The molecular formula is C9H15N3O3. The number of nitrogens with zero attached hydrogens (tertiary/aromatic N) is 1. The molecule has 84 valence electrons. The standard InChI is InChI=1S/C9H15N3O3/c1-3-12(4-2)8(14)9(7(10)13)5-6-11-15-9/h5-6,11H,3-4H2,1-2H3,(H2,10,13). The van der Waals surface area contributed by atoms with Gasteiger partial charge in [-0.3, -0.25) is 15.1 Å². The number of carbonyl (C=O) groups is 2. The summed E-state index contributed by atoms with van der Waals surface area (Å²) in [7, 11) is 0. The maximum atomic E-state index is 12.0. The first-order valence-corrected chi connectivity index (χ1v) is 4.79. The van der Waals surface area contributed by atoms with Crippen LogP contribution in [-0.4, -0.2) is 35.4 Å². The minimum Gasteiger partial charge on any atom is -0.366 e. The van der Waals surface area contributed by atoms with Gasteiger partial charge in [-0.2, -0.15) is 0 Å². The number of nitrogens with one attached hydrogen (secondary N) is 1. The molecule has 0 aromatic rings. The van der Waals surface area contributed by atoms with E-state index < -0.39 is 17.4 Å². The smallest absolute Gasteiger partial charge is 0.271 e. The molecule has 1 rings (SSSR count). The molecule has 0 radical (unpaired) electrons. The average molecular weight is 213 g/mol. The Morgan fingerprint density at radius 1 is 1.47 bits per heavy atom. The Balaban J connectivity index is 2.95. The lowest BCUT2D eigenvalue weighted by Gasteiger charge is -2.28. The van der Waals surface area contributed by atoms with Crippen molar-refractivity contribution in [3.8, 4) is 0 Å². The third-order valence-corrected chi connectivity index (χ3v) is 2.34. The Morgan fingerprint density at radius 3 is 2.40 bits per heavy atom. The maximum Gasteiger partial charge on any atom is 0.271 e. The highest BCUT2D eigenvalue weighted by atomic mass is 16.7. The molecule has 0 aromatic carbocycles. The van der Waals surface area contributed by atoms with E-state index in [4.69, 9.17) is 10.6 Å². The number of hydrogen-bond donors (Lipinski definition) is 2. The van der Waals surface area contributed by atoms with Crippen LogP contribution in [0.4, 0.5) is 0 Å². The summed E-state index contributed by atoms with van der Waals surface area (Å²) in [6, 6.07) is 0. The number of hydrogen-bond acceptors (Lipinski definition) is 4. The molecule has 1 aliphatic rings. The van der Waals surface area contributed by atoms with Gasteiger partial charge in [-0.05, 0) is 19.9 Å². The molecule has 1 heterocycles. The van der Waals surface area contributed by atoms with Gasteiger partial charge < -0.3 is 10.6 Å². The van der Waals surface area contributed by atoms with Crippen LogP contribution < -0.4 is 11.2 Å². The highest BCUT2D eigenvalue weighted by Crippen LogP contribution is 2.19. The van der Waals surface area contributed by atoms with Crippen LogP contribution in [0, 0.1) is 0 Å². The SMILES string of the molecule is CCN(CC)C(=O)C1(C(N)=O)C=CNO1. The maximum absolute atomic E-state index is 12.0. The lowest BCUT2D eigenvalue weighted by atomic mass is 10.0. The minimum atomic E-state index is -1.69. The molecule has 1 aliphatic heterocycles. The fourth-order valence-electron chi connectivity index (χ4n) is 1.41. The van der Waals surface area contributed by atoms with Crippen molar-refractivity contribution in [1.82, 2.24) is 10.4 Å². The van der Waals surface area contributed by atoms with E-state index in [0.717, 1.165) is 0 Å². The van der Waals surface area contributed by atoms with Gasteiger partial charge in [0.2, 0.25) is 0 Å². The van der Waals surface area contributed by atoms with E-state index in [2.05, 4.69) is 5.48 Å². The quantitative estimate of drug-likeness (QED) is 0.594. The monoisotopic (exact) mass is 213 g/mol. The van der Waals surface area contributed by atoms with Crippen molar-refractivity contribution < 1.29 is 14.4 Å². The van der Waals surface area contributed by atoms with Crippen LogP contribution in [0.2, 0.25) is 0 Å². The normalized spacial score (nSPS) is 23.6. The molecule has 3 N–H and O–H groups in total. The first-order chi connectivity index (χ1) is 7.08. The molecule has 2 amide bonds. The molecule has 0 aliphatic carbocycles. The first-order valence-electron chi connectivity index (χ1n) is 4.79. The highest BCUT2D eigenvalue weighted by molar-refractivity contribution is 6.10. The van der Waals surface area contributed by atoms with Crippen molar-refractivity contribution in [3.63, 3.8) is 0 Å². The Morgan fingerprint density at radius 2 is 2.07 bits per heavy atom. The zero-order chi connectivity index (χ0) is 11.5. The van der Waals surface area contributed by atoms with Crippen molar-refractivity contribution in [1.29, 1.82) is 0 Å². The minimum absolute atomic E-state index is 0.443. The van der Waals surface area contributed by atoms with Gasteiger partial charge in [0.1, 0.15) is 0 Å². The number of carbonyl (C=O) groups excluding carboxylic acids is 2. The van der Waals surface area contributed by atoms with Gasteiger partial charge in [0.15, 0.2) is 0 Å². The number of amides is 2. The molecule has 6 heteroatoms. The summed E-state index contributed by atoms with van der Waals surface area (Å²) in [6.45, 7) is 4.65. The zero-order valence-electron chi connectivity index (χ0n) is 8.82. The molecule has 0 fully saturated rings. The van der Waals surface area contributed by atoms with Crippen molar-refractivity contribution in [3.05, 3.63) is 12.3 Å². The number of likely N-dealkylation sites (N-methyl/N-ethyl adjacent to an activating group) is 1. The lowest BCUT2D eigenvalue weighted by molar-refractivity contribution is -0.162. The lowest BCUT2D eigenvalue weighted by Crippen LogP contribution is -2.56. The fraction of sp³-hybridized carbons (Fsp3) is 0.556. The van der Waals surface area contributed by atoms with Crippen molar-refractivity contribution in [2.24, 2.45) is 5.73 Å². The average Bonchev–Trinajstić information content (AvgIpc) is 2.69. The van der Waals surface area contributed by atoms with E-state index in [-0.39, 0.29) is 0 Å². The summed E-state index contributed by atoms with van der Waals surface area (Å²) in [6.07, 6.45) is 2.71. The summed E-state index contributed by atoms with van der Waals surface area (Å²) >= 11 is 0. The Labute approximate surface area is 88.0 Å². The first kappa shape index (κ1) is 11.5. The van der Waals surface area contributed by atoms with E-state index in [1.165, 1.54) is 17.2 Å². The second-order valence-corrected chi connectivity index (χ2v) is 3.13. The number of hydroxylamine groups is 1. The van der Waals surface area contributed by atoms with Crippen LogP contribution in [0.1, 0.15) is 13.8 Å². The van der Waals surface area contributed by atoms with Gasteiger partial charge >= 0.3 is 0 Å². The molecule has 6 nitrogen and oxygen atoms in total. The molecule has 0 aromatic heterocycles. The summed E-state index contributed by atoms with van der Waals surface area (Å²) in [5, 5.41) is 0. The van der Waals surface area contributed by atoms with Gasteiger partial charge in [-0.1, -0.05) is 0 Å². The van der Waals surface area contributed by atoms with Crippen LogP contribution >= 0.6 is 0 Å². The molecule has 15 heavy (non-hydrogen) atoms. The van der Waals surface area contributed by atoms with Gasteiger partial charge in [-0.25, -0.2) is 4.84 Å². The second-order valence-electron chi connectivity index (χ2n) is 3.13. The summed E-state index contributed by atoms with van der Waals surface area (Å²) in [5.74, 6) is -1.26. The van der Waals surface area contributed by atoms with Crippen LogP contribution in [0.5, 0.6) is 0 Å². The van der Waals surface area contributed by atoms with Gasteiger partial charge in [0.05, 0.1) is 0 Å². The van der Waals surface area contributed by atoms with Crippen molar-refractivity contribution in [2.75, 3.05) is 13.1 Å². The van der Waals surface area contributed by atoms with Crippen molar-refractivity contribution in [2.45, 2.75) is 19.4 Å². The molecule has 0 spiro atoms. The Hall–Kier alpha value is -1.56. The Kier molecular flexibility index (Phi) is 3.31. The number of rotatable bonds is 4. The predicted molar refractivity (Wildman–Crippen MR) is 53.2 cm³/mol. The molecule has 0 bridgehead atoms. The Bertz CT molecular complexity index is 299. The van der Waals surface area contributed by atoms with Crippen LogP contribution in [0.3, 0.4) is 0 Å². The summed E-state index contributed by atoms with van der Waals surface area (Å²) < 4.78 is 0. The molecule has 1 atom stereocenters. The van der Waals surface area contributed by atoms with E-state index in [9.17, 15) is 9.59 Å². The number of primary amides is 1. The highest BCUT2D eigenvalue weighted by Gasteiger charge is 2.48. The largest absolute Gasteiger partial charge is 0.366 e. The molecular weight excluding hydrogens is 198 g/mol. The van der Waals surface area contributed by atoms with E-state index in [1.54, 1.807) is 0 Å². The van der Waals surface area contributed by atoms with E-state index in [0.29, 0.717) is 13.1 Å². The molecule has 1 unspecified atom stereocenters. The number of nitrogens with two attached hydrogens (primary N) is 1. The van der Waals surface area contributed by atoms with Gasteiger partial charge in [0, 0.05) is 19.3 Å². The third-order valence-electron chi connectivity index (χ3n) is 2.34. The van der Waals surface area contributed by atoms with Gasteiger partial charge in [0.25, 0.3) is 17.4 Å². The summed E-state index contributed by atoms with van der Waals surface area (Å²) in [4.78, 5) is 29.6. The van der Waals surface area contributed by atoms with E-state index in [1.807, 2.05) is 13.8 Å². The molecule has 0 saturated carbocycles. The summed E-state index contributed by atoms with van der Waals surface area (Å²) in [5.41, 5.74) is 5.84. The van der Waals surface area contributed by atoms with Gasteiger partial charge in [-0.15, -0.1) is 0 Å². The third kappa shape index (κ3) is 1.80. The second kappa shape index (κ2) is 4.31. The van der Waals surface area contributed by atoms with E-state index >= 15 is 0 Å². The van der Waals surface area contributed by atoms with Crippen LogP contribution in [0.15, 0.2) is 12.3 Å². The van der Waals surface area contributed by atoms with Crippen LogP contribution in [-0.2, 0) is 14.4 Å². The zero-order valence-corrected chi connectivity index (χ0v) is 8.82. The topological polar surface area (TPSA) is 84.7 Å². The molecule has 0 saturated heterocycles. The fourth-order valence-corrected chi connectivity index (χ4v) is 1.41. The predicted octanol–water partition coefficient (Wildman–Crippen LogP) is -0.873.